The first-order valence-electron chi connectivity index (χ1n) is 9.40. The number of anilines is 1. The average Bonchev–Trinajstić information content (AvgIpc) is 2.72. The number of nitrogens with zero attached hydrogens (tertiary/aromatic N) is 3. The first-order chi connectivity index (χ1) is 12.8. The Balaban J connectivity index is 1.45. The van der Waals surface area contributed by atoms with E-state index in [0.717, 1.165) is 70.5 Å². The van der Waals surface area contributed by atoms with Crippen molar-refractivity contribution in [3.05, 3.63) is 35.9 Å². The molecule has 0 aromatic heterocycles. The molecule has 0 unspecified atom stereocenters. The molecule has 1 N–H and O–H groups in total. The molecule has 1 fully saturated rings. The van der Waals surface area contributed by atoms with Gasteiger partial charge in [-0.25, -0.2) is 0 Å². The lowest BCUT2D eigenvalue weighted by molar-refractivity contribution is 0.153. The predicted molar refractivity (Wildman–Crippen MR) is 106 cm³/mol. The molecule has 0 spiro atoms. The Hall–Kier alpha value is -2.21. The van der Waals surface area contributed by atoms with E-state index in [9.17, 15) is 0 Å². The number of aliphatic imine (C=N–C) groups is 1. The number of nitrogens with one attached hydrogen (secondary N) is 1. The van der Waals surface area contributed by atoms with Gasteiger partial charge in [0.2, 0.25) is 0 Å². The van der Waals surface area contributed by atoms with Crippen LogP contribution in [0.3, 0.4) is 0 Å². The van der Waals surface area contributed by atoms with Crippen molar-refractivity contribution in [2.24, 2.45) is 4.99 Å². The summed E-state index contributed by atoms with van der Waals surface area (Å²) in [6.45, 7) is 6.48. The van der Waals surface area contributed by atoms with Crippen LogP contribution in [0.5, 0.6) is 5.75 Å². The van der Waals surface area contributed by atoms with Gasteiger partial charge in [0.25, 0.3) is 0 Å². The van der Waals surface area contributed by atoms with Gasteiger partial charge in [-0.15, -0.1) is 0 Å². The fourth-order valence-corrected chi connectivity index (χ4v) is 3.43. The van der Waals surface area contributed by atoms with Gasteiger partial charge in [-0.3, -0.25) is 4.99 Å². The molecule has 0 saturated carbocycles. The largest absolute Gasteiger partial charge is 0.497 e. The van der Waals surface area contributed by atoms with Crippen molar-refractivity contribution in [2.75, 3.05) is 65.0 Å². The summed E-state index contributed by atoms with van der Waals surface area (Å²) in [6, 6.07) is 8.30. The van der Waals surface area contributed by atoms with Crippen LogP contribution in [-0.4, -0.2) is 71.0 Å². The second-order valence-electron chi connectivity index (χ2n) is 6.58. The maximum absolute atomic E-state index is 5.36. The lowest BCUT2D eigenvalue weighted by atomic mass is 10.1. The van der Waals surface area contributed by atoms with E-state index in [4.69, 9.17) is 9.47 Å². The van der Waals surface area contributed by atoms with Crippen LogP contribution in [0.15, 0.2) is 40.9 Å². The smallest absolute Gasteiger partial charge is 0.193 e. The van der Waals surface area contributed by atoms with Crippen molar-refractivity contribution in [1.82, 2.24) is 10.2 Å². The minimum Gasteiger partial charge on any atom is -0.497 e. The summed E-state index contributed by atoms with van der Waals surface area (Å²) in [5, 5.41) is 3.52. The average molecular weight is 358 g/mol. The minimum atomic E-state index is 0.761. The Morgan fingerprint density at radius 2 is 1.96 bits per heavy atom. The minimum absolute atomic E-state index is 0.761. The van der Waals surface area contributed by atoms with Gasteiger partial charge in [-0.05, 0) is 37.1 Å². The fourth-order valence-electron chi connectivity index (χ4n) is 3.43. The van der Waals surface area contributed by atoms with E-state index < -0.39 is 0 Å². The van der Waals surface area contributed by atoms with Gasteiger partial charge in [-0.2, -0.15) is 0 Å². The molecule has 3 rings (SSSR count). The molecule has 2 aliphatic heterocycles. The zero-order chi connectivity index (χ0) is 18.2. The second kappa shape index (κ2) is 9.48. The fraction of sp³-hybridized carbons (Fsp3) is 0.550. The topological polar surface area (TPSA) is 49.3 Å². The van der Waals surface area contributed by atoms with Crippen LogP contribution >= 0.6 is 0 Å². The van der Waals surface area contributed by atoms with Crippen molar-refractivity contribution >= 4 is 11.6 Å². The number of guanidine groups is 1. The Morgan fingerprint density at radius 3 is 2.58 bits per heavy atom. The molecule has 0 bridgehead atoms. The van der Waals surface area contributed by atoms with E-state index in [1.54, 1.807) is 7.11 Å². The lowest BCUT2D eigenvalue weighted by Gasteiger charge is -2.37. The van der Waals surface area contributed by atoms with E-state index >= 15 is 0 Å². The van der Waals surface area contributed by atoms with E-state index in [-0.39, 0.29) is 0 Å². The zero-order valence-corrected chi connectivity index (χ0v) is 15.9. The third kappa shape index (κ3) is 4.91. The molecule has 0 atom stereocenters. The first-order valence-corrected chi connectivity index (χ1v) is 9.40. The molecule has 0 aliphatic carbocycles. The summed E-state index contributed by atoms with van der Waals surface area (Å²) >= 11 is 0. The van der Waals surface area contributed by atoms with Crippen LogP contribution in [-0.2, 0) is 4.74 Å². The summed E-state index contributed by atoms with van der Waals surface area (Å²) in [7, 11) is 3.57. The number of piperazine rings is 1. The quantitative estimate of drug-likeness (QED) is 0.496. The van der Waals surface area contributed by atoms with Gasteiger partial charge in [0.05, 0.1) is 20.3 Å². The molecule has 142 valence electrons. The number of rotatable bonds is 5. The monoisotopic (exact) mass is 358 g/mol. The molecule has 1 aromatic rings. The molecule has 2 heterocycles. The van der Waals surface area contributed by atoms with E-state index in [0.29, 0.717) is 0 Å². The highest BCUT2D eigenvalue weighted by Crippen LogP contribution is 2.20. The number of benzene rings is 1. The van der Waals surface area contributed by atoms with Gasteiger partial charge < -0.3 is 24.6 Å². The Kier molecular flexibility index (Phi) is 6.77. The summed E-state index contributed by atoms with van der Waals surface area (Å²) < 4.78 is 10.6. The zero-order valence-electron chi connectivity index (χ0n) is 15.9. The summed E-state index contributed by atoms with van der Waals surface area (Å²) in [5.74, 6) is 1.91. The second-order valence-corrected chi connectivity index (χ2v) is 6.58. The van der Waals surface area contributed by atoms with Crippen molar-refractivity contribution in [3.63, 3.8) is 0 Å². The molecular weight excluding hydrogens is 328 g/mol. The molecular formula is C20H30N4O2. The Morgan fingerprint density at radius 1 is 1.19 bits per heavy atom. The van der Waals surface area contributed by atoms with Gasteiger partial charge in [0.15, 0.2) is 5.96 Å². The third-order valence-electron chi connectivity index (χ3n) is 5.02. The molecule has 0 radical (unpaired) electrons. The highest BCUT2D eigenvalue weighted by atomic mass is 16.5. The number of ether oxygens (including phenoxy) is 2. The number of hydrogen-bond acceptors (Lipinski definition) is 4. The van der Waals surface area contributed by atoms with E-state index in [2.05, 4.69) is 38.3 Å². The van der Waals surface area contributed by atoms with Crippen LogP contribution in [0.25, 0.3) is 0 Å². The van der Waals surface area contributed by atoms with Gasteiger partial charge in [0, 0.05) is 45.5 Å². The lowest BCUT2D eigenvalue weighted by Crippen LogP contribution is -2.52. The maximum Gasteiger partial charge on any atom is 0.193 e. The molecule has 6 heteroatoms. The number of methoxy groups -OCH3 is 1. The normalized spacial score (nSPS) is 18.5. The van der Waals surface area contributed by atoms with Crippen LogP contribution in [0.2, 0.25) is 0 Å². The summed E-state index contributed by atoms with van der Waals surface area (Å²) in [5.41, 5.74) is 2.74. The Bertz CT molecular complexity index is 619. The molecule has 0 amide bonds. The number of hydrogen-bond donors (Lipinski definition) is 1. The van der Waals surface area contributed by atoms with Gasteiger partial charge >= 0.3 is 0 Å². The SMILES string of the molecule is CN=C(NCCC1=CCOCC1)N1CCN(c2ccc(OC)cc2)CC1. The predicted octanol–water partition coefficient (Wildman–Crippen LogP) is 2.13. The van der Waals surface area contributed by atoms with Crippen molar-refractivity contribution < 1.29 is 9.47 Å². The van der Waals surface area contributed by atoms with Gasteiger partial charge in [-0.1, -0.05) is 11.6 Å². The van der Waals surface area contributed by atoms with Crippen molar-refractivity contribution in [2.45, 2.75) is 12.8 Å². The highest BCUT2D eigenvalue weighted by molar-refractivity contribution is 5.80. The van der Waals surface area contributed by atoms with Crippen molar-refractivity contribution in [1.29, 1.82) is 0 Å². The molecule has 1 aromatic carbocycles. The third-order valence-corrected chi connectivity index (χ3v) is 5.02. The molecule has 2 aliphatic rings. The molecule has 6 nitrogen and oxygen atoms in total. The highest BCUT2D eigenvalue weighted by Gasteiger charge is 2.19. The van der Waals surface area contributed by atoms with Gasteiger partial charge in [0.1, 0.15) is 5.75 Å². The molecule has 1 saturated heterocycles. The van der Waals surface area contributed by atoms with Crippen LogP contribution in [0.4, 0.5) is 5.69 Å². The van der Waals surface area contributed by atoms with Crippen LogP contribution < -0.4 is 15.0 Å². The maximum atomic E-state index is 5.36. The van der Waals surface area contributed by atoms with E-state index in [1.807, 2.05) is 19.2 Å². The molecule has 26 heavy (non-hydrogen) atoms. The van der Waals surface area contributed by atoms with E-state index in [1.165, 1.54) is 11.3 Å². The van der Waals surface area contributed by atoms with Crippen LogP contribution in [0.1, 0.15) is 12.8 Å². The van der Waals surface area contributed by atoms with Crippen molar-refractivity contribution in [3.8, 4) is 5.75 Å². The summed E-state index contributed by atoms with van der Waals surface area (Å²) in [4.78, 5) is 9.23. The standard InChI is InChI=1S/C20H30N4O2/c1-21-20(22-10-7-17-8-15-26-16-9-17)24-13-11-23(12-14-24)18-3-5-19(25-2)6-4-18/h3-6,8H,7,9-16H2,1-2H3,(H,21,22). The first kappa shape index (κ1) is 18.6. The van der Waals surface area contributed by atoms with Crippen LogP contribution in [0, 0.1) is 0 Å². The Labute approximate surface area is 156 Å². The summed E-state index contributed by atoms with van der Waals surface area (Å²) in [6.07, 6.45) is 4.33.